The number of nitro benzene ring substituents is 1. The Morgan fingerprint density at radius 1 is 1.53 bits per heavy atom. The molecule has 98 valence electrons. The van der Waals surface area contributed by atoms with E-state index in [2.05, 4.69) is 36.4 Å². The smallest absolute Gasteiger partial charge is 0.274 e. The van der Waals surface area contributed by atoms with Crippen LogP contribution in [0.1, 0.15) is 15.9 Å². The molecule has 0 bridgehead atoms. The van der Waals surface area contributed by atoms with E-state index in [-0.39, 0.29) is 22.8 Å². The van der Waals surface area contributed by atoms with Crippen LogP contribution in [-0.2, 0) is 0 Å². The number of benzene rings is 1. The lowest BCUT2D eigenvalue weighted by atomic mass is 10.1. The highest BCUT2D eigenvalue weighted by molar-refractivity contribution is 9.10. The number of hydrogen-bond acceptors (Lipinski definition) is 5. The molecule has 1 aromatic heterocycles. The van der Waals surface area contributed by atoms with E-state index in [0.717, 1.165) is 0 Å². The number of rotatable bonds is 3. The monoisotopic (exact) mass is 325 g/mol. The molecule has 0 fully saturated rings. The number of anilines is 1. The van der Waals surface area contributed by atoms with Crippen LogP contribution in [0.25, 0.3) is 0 Å². The molecule has 8 nitrogen and oxygen atoms in total. The molecular weight excluding hydrogens is 318 g/mol. The molecule has 0 aliphatic carbocycles. The molecule has 0 atom stereocenters. The van der Waals surface area contributed by atoms with Gasteiger partial charge in [-0.3, -0.25) is 20.2 Å². The van der Waals surface area contributed by atoms with Crippen LogP contribution in [0.2, 0.25) is 0 Å². The van der Waals surface area contributed by atoms with E-state index in [4.69, 9.17) is 0 Å². The lowest BCUT2D eigenvalue weighted by molar-refractivity contribution is -0.385. The average Bonchev–Trinajstić information content (AvgIpc) is 2.84. The fraction of sp³-hybridized carbons (Fsp3) is 0.100. The number of amides is 1. The molecule has 1 amide bonds. The minimum atomic E-state index is -0.536. The average molecular weight is 326 g/mol. The summed E-state index contributed by atoms with van der Waals surface area (Å²) in [5.41, 5.74) is 0.347. The summed E-state index contributed by atoms with van der Waals surface area (Å²) in [5.74, 6) is -0.328. The second kappa shape index (κ2) is 5.14. The number of aromatic amines is 1. The third-order valence-electron chi connectivity index (χ3n) is 2.43. The number of halogens is 1. The van der Waals surface area contributed by atoms with E-state index in [0.29, 0.717) is 4.47 Å². The van der Waals surface area contributed by atoms with Crippen molar-refractivity contribution in [3.05, 3.63) is 44.2 Å². The number of aromatic nitrogens is 3. The van der Waals surface area contributed by atoms with Gasteiger partial charge in [0.25, 0.3) is 11.6 Å². The number of nitrogens with one attached hydrogen (secondary N) is 2. The predicted molar refractivity (Wildman–Crippen MR) is 69.9 cm³/mol. The lowest BCUT2D eigenvalue weighted by Crippen LogP contribution is -2.15. The van der Waals surface area contributed by atoms with Crippen LogP contribution in [0, 0.1) is 17.0 Å². The Hall–Kier alpha value is -2.29. The van der Waals surface area contributed by atoms with Gasteiger partial charge in [-0.1, -0.05) is 15.9 Å². The minimum Gasteiger partial charge on any atom is -0.291 e. The van der Waals surface area contributed by atoms with E-state index >= 15 is 0 Å². The first-order valence-corrected chi connectivity index (χ1v) is 5.89. The molecule has 0 aliphatic rings. The van der Waals surface area contributed by atoms with Crippen LogP contribution in [0.5, 0.6) is 0 Å². The van der Waals surface area contributed by atoms with Gasteiger partial charge in [-0.15, -0.1) is 0 Å². The van der Waals surface area contributed by atoms with Gasteiger partial charge in [0.15, 0.2) is 0 Å². The fourth-order valence-electron chi connectivity index (χ4n) is 1.53. The summed E-state index contributed by atoms with van der Waals surface area (Å²) in [4.78, 5) is 26.1. The van der Waals surface area contributed by atoms with Crippen molar-refractivity contribution < 1.29 is 9.72 Å². The van der Waals surface area contributed by atoms with Gasteiger partial charge >= 0.3 is 0 Å². The largest absolute Gasteiger partial charge is 0.291 e. The van der Waals surface area contributed by atoms with Crippen molar-refractivity contribution in [2.45, 2.75) is 6.92 Å². The molecule has 0 unspecified atom stereocenters. The fourth-order valence-corrected chi connectivity index (χ4v) is 1.98. The molecule has 2 N–H and O–H groups in total. The Morgan fingerprint density at radius 3 is 2.84 bits per heavy atom. The van der Waals surface area contributed by atoms with Gasteiger partial charge in [-0.05, 0) is 13.0 Å². The summed E-state index contributed by atoms with van der Waals surface area (Å²) in [6, 6.07) is 2.86. The van der Waals surface area contributed by atoms with Crippen LogP contribution in [0.3, 0.4) is 0 Å². The number of hydrogen-bond donors (Lipinski definition) is 2. The molecular formula is C10H8BrN5O3. The highest BCUT2D eigenvalue weighted by Gasteiger charge is 2.20. The van der Waals surface area contributed by atoms with Gasteiger partial charge in [-0.2, -0.15) is 10.1 Å². The molecule has 2 aromatic rings. The first-order chi connectivity index (χ1) is 8.99. The molecule has 0 saturated heterocycles. The SMILES string of the molecule is Cc1c(C(=O)Nc2ncn[nH]2)cc(Br)cc1[N+](=O)[O-]. The normalized spacial score (nSPS) is 10.2. The quantitative estimate of drug-likeness (QED) is 0.662. The zero-order valence-corrected chi connectivity index (χ0v) is 11.3. The Morgan fingerprint density at radius 2 is 2.26 bits per heavy atom. The second-order valence-corrected chi connectivity index (χ2v) is 4.56. The molecule has 19 heavy (non-hydrogen) atoms. The number of carbonyl (C=O) groups is 1. The van der Waals surface area contributed by atoms with Gasteiger partial charge in [0.1, 0.15) is 6.33 Å². The Balaban J connectivity index is 2.39. The Kier molecular flexibility index (Phi) is 3.56. The number of carbonyl (C=O) groups excluding carboxylic acids is 1. The molecule has 0 saturated carbocycles. The molecule has 0 aliphatic heterocycles. The highest BCUT2D eigenvalue weighted by atomic mass is 79.9. The van der Waals surface area contributed by atoms with Crippen molar-refractivity contribution in [2.24, 2.45) is 0 Å². The van der Waals surface area contributed by atoms with Gasteiger partial charge < -0.3 is 0 Å². The van der Waals surface area contributed by atoms with Crippen LogP contribution >= 0.6 is 15.9 Å². The third-order valence-corrected chi connectivity index (χ3v) is 2.89. The first-order valence-electron chi connectivity index (χ1n) is 5.10. The Labute approximate surface area is 115 Å². The number of nitrogens with zero attached hydrogens (tertiary/aromatic N) is 3. The van der Waals surface area contributed by atoms with Crippen LogP contribution < -0.4 is 5.32 Å². The van der Waals surface area contributed by atoms with Gasteiger partial charge in [-0.25, -0.2) is 5.10 Å². The summed E-state index contributed by atoms with van der Waals surface area (Å²) < 4.78 is 0.451. The molecule has 1 heterocycles. The molecule has 1 aromatic carbocycles. The molecule has 9 heteroatoms. The highest BCUT2D eigenvalue weighted by Crippen LogP contribution is 2.27. The van der Waals surface area contributed by atoms with E-state index < -0.39 is 10.8 Å². The van der Waals surface area contributed by atoms with Crippen molar-refractivity contribution in [2.75, 3.05) is 5.32 Å². The third kappa shape index (κ3) is 2.76. The summed E-state index contributed by atoms with van der Waals surface area (Å²) in [6.07, 6.45) is 1.24. The zero-order chi connectivity index (χ0) is 14.0. The van der Waals surface area contributed by atoms with E-state index in [1.807, 2.05) is 0 Å². The van der Waals surface area contributed by atoms with Crippen molar-refractivity contribution >= 4 is 33.5 Å². The maximum Gasteiger partial charge on any atom is 0.274 e. The number of nitro groups is 1. The van der Waals surface area contributed by atoms with E-state index in [1.54, 1.807) is 0 Å². The van der Waals surface area contributed by atoms with Crippen molar-refractivity contribution in [1.82, 2.24) is 15.2 Å². The van der Waals surface area contributed by atoms with Crippen molar-refractivity contribution in [1.29, 1.82) is 0 Å². The molecule has 2 rings (SSSR count). The summed E-state index contributed by atoms with van der Waals surface area (Å²) >= 11 is 3.14. The standard InChI is InChI=1S/C10H8BrN5O3/c1-5-7(2-6(11)3-8(5)16(18)19)9(17)14-10-12-4-13-15-10/h2-4H,1H3,(H2,12,13,14,15,17). The van der Waals surface area contributed by atoms with Crippen molar-refractivity contribution in [3.8, 4) is 0 Å². The van der Waals surface area contributed by atoms with Gasteiger partial charge in [0.2, 0.25) is 5.95 Å². The van der Waals surface area contributed by atoms with Crippen LogP contribution in [0.15, 0.2) is 22.9 Å². The minimum absolute atomic E-state index is 0.128. The van der Waals surface area contributed by atoms with E-state index in [1.165, 1.54) is 25.4 Å². The van der Waals surface area contributed by atoms with Gasteiger partial charge in [0, 0.05) is 16.1 Å². The topological polar surface area (TPSA) is 114 Å². The molecule has 0 spiro atoms. The lowest BCUT2D eigenvalue weighted by Gasteiger charge is -2.06. The predicted octanol–water partition coefficient (Wildman–Crippen LogP) is 2.04. The van der Waals surface area contributed by atoms with Crippen molar-refractivity contribution in [3.63, 3.8) is 0 Å². The van der Waals surface area contributed by atoms with E-state index in [9.17, 15) is 14.9 Å². The Bertz CT molecular complexity index is 641. The number of H-pyrrole nitrogens is 1. The maximum atomic E-state index is 12.0. The zero-order valence-electron chi connectivity index (χ0n) is 9.68. The summed E-state index contributed by atoms with van der Waals surface area (Å²) in [7, 11) is 0. The first kappa shape index (κ1) is 13.1. The molecule has 0 radical (unpaired) electrons. The summed E-state index contributed by atoms with van der Waals surface area (Å²) in [5, 5.41) is 19.4. The summed E-state index contributed by atoms with van der Waals surface area (Å²) in [6.45, 7) is 1.51. The van der Waals surface area contributed by atoms with Crippen LogP contribution in [0.4, 0.5) is 11.6 Å². The van der Waals surface area contributed by atoms with Crippen LogP contribution in [-0.4, -0.2) is 26.0 Å². The van der Waals surface area contributed by atoms with Gasteiger partial charge in [0.05, 0.1) is 10.5 Å². The second-order valence-electron chi connectivity index (χ2n) is 3.64. The maximum absolute atomic E-state index is 12.0.